The van der Waals surface area contributed by atoms with Crippen molar-refractivity contribution < 1.29 is 13.2 Å². The van der Waals surface area contributed by atoms with Crippen molar-refractivity contribution in [2.24, 2.45) is 0 Å². The molecule has 0 N–H and O–H groups in total. The maximum Gasteiger partial charge on any atom is 0.419 e. The number of aromatic nitrogens is 2. The van der Waals surface area contributed by atoms with Crippen LogP contribution < -0.4 is 0 Å². The van der Waals surface area contributed by atoms with Crippen molar-refractivity contribution in [3.05, 3.63) is 47.3 Å². The molecule has 18 heavy (non-hydrogen) atoms. The molecule has 1 aromatic carbocycles. The third kappa shape index (κ3) is 2.51. The summed E-state index contributed by atoms with van der Waals surface area (Å²) in [7, 11) is 0. The van der Waals surface area contributed by atoms with E-state index in [1.807, 2.05) is 13.0 Å². The van der Waals surface area contributed by atoms with Crippen LogP contribution in [0.5, 0.6) is 0 Å². The van der Waals surface area contributed by atoms with Gasteiger partial charge in [-0.05, 0) is 18.6 Å². The van der Waals surface area contributed by atoms with E-state index in [0.29, 0.717) is 5.69 Å². The molecular weight excluding hydrogens is 265 g/mol. The van der Waals surface area contributed by atoms with Crippen LogP contribution in [0.25, 0.3) is 5.69 Å². The molecule has 0 amide bonds. The largest absolute Gasteiger partial charge is 0.419 e. The second kappa shape index (κ2) is 4.65. The van der Waals surface area contributed by atoms with E-state index in [4.69, 9.17) is 11.6 Å². The Balaban J connectivity index is 2.46. The van der Waals surface area contributed by atoms with Crippen molar-refractivity contribution in [2.45, 2.75) is 19.0 Å². The van der Waals surface area contributed by atoms with Crippen LogP contribution >= 0.6 is 11.6 Å². The van der Waals surface area contributed by atoms with Crippen molar-refractivity contribution in [1.29, 1.82) is 0 Å². The van der Waals surface area contributed by atoms with Crippen LogP contribution in [-0.4, -0.2) is 9.78 Å². The second-order valence-electron chi connectivity index (χ2n) is 3.94. The SMILES string of the molecule is Cc1ccc(-n2cc(C(F)(F)F)cn2)c(CCl)c1. The number of hydrogen-bond donors (Lipinski definition) is 0. The normalized spacial score (nSPS) is 11.8. The molecule has 2 rings (SSSR count). The van der Waals surface area contributed by atoms with Crippen LogP contribution in [-0.2, 0) is 12.1 Å². The molecule has 0 spiro atoms. The molecule has 0 aliphatic carbocycles. The Morgan fingerprint density at radius 3 is 2.61 bits per heavy atom. The smallest absolute Gasteiger partial charge is 0.240 e. The minimum atomic E-state index is -4.38. The lowest BCUT2D eigenvalue weighted by molar-refractivity contribution is -0.137. The first-order valence-corrected chi connectivity index (χ1v) is 5.73. The summed E-state index contributed by atoms with van der Waals surface area (Å²) in [6, 6.07) is 5.35. The fourth-order valence-electron chi connectivity index (χ4n) is 1.65. The fourth-order valence-corrected chi connectivity index (χ4v) is 1.86. The van der Waals surface area contributed by atoms with E-state index in [1.165, 1.54) is 4.68 Å². The predicted octanol–water partition coefficient (Wildman–Crippen LogP) is 3.94. The first-order chi connectivity index (χ1) is 8.41. The summed E-state index contributed by atoms with van der Waals surface area (Å²) in [5.74, 6) is 0.220. The molecule has 2 aromatic rings. The van der Waals surface area contributed by atoms with Crippen LogP contribution in [0.15, 0.2) is 30.6 Å². The summed E-state index contributed by atoms with van der Waals surface area (Å²) in [4.78, 5) is 0. The van der Waals surface area contributed by atoms with Crippen molar-refractivity contribution in [3.8, 4) is 5.69 Å². The maximum atomic E-state index is 12.5. The summed E-state index contributed by atoms with van der Waals surface area (Å²) < 4.78 is 38.6. The van der Waals surface area contributed by atoms with E-state index in [1.54, 1.807) is 12.1 Å². The molecule has 2 nitrogen and oxygen atoms in total. The van der Waals surface area contributed by atoms with Gasteiger partial charge in [0.1, 0.15) is 0 Å². The molecule has 0 aliphatic heterocycles. The van der Waals surface area contributed by atoms with E-state index in [0.717, 1.165) is 23.5 Å². The molecule has 0 saturated carbocycles. The Labute approximate surface area is 107 Å². The quantitative estimate of drug-likeness (QED) is 0.759. The van der Waals surface area contributed by atoms with Crippen LogP contribution in [0.4, 0.5) is 13.2 Å². The number of aryl methyl sites for hydroxylation is 1. The maximum absolute atomic E-state index is 12.5. The van der Waals surface area contributed by atoms with E-state index in [-0.39, 0.29) is 5.88 Å². The third-order valence-electron chi connectivity index (χ3n) is 2.54. The van der Waals surface area contributed by atoms with Crippen LogP contribution in [0.1, 0.15) is 16.7 Å². The average molecular weight is 275 g/mol. The molecule has 0 atom stereocenters. The first-order valence-electron chi connectivity index (χ1n) is 5.19. The van der Waals surface area contributed by atoms with Gasteiger partial charge in [0.05, 0.1) is 17.4 Å². The van der Waals surface area contributed by atoms with Gasteiger partial charge in [0.25, 0.3) is 0 Å². The van der Waals surface area contributed by atoms with Crippen molar-refractivity contribution in [2.75, 3.05) is 0 Å². The van der Waals surface area contributed by atoms with E-state index in [9.17, 15) is 13.2 Å². The molecular formula is C12H10ClF3N2. The number of hydrogen-bond acceptors (Lipinski definition) is 1. The highest BCUT2D eigenvalue weighted by Crippen LogP contribution is 2.29. The molecule has 0 unspecified atom stereocenters. The minimum absolute atomic E-state index is 0.220. The van der Waals surface area contributed by atoms with Gasteiger partial charge in [0.2, 0.25) is 0 Å². The number of halogens is 4. The van der Waals surface area contributed by atoms with Gasteiger partial charge in [-0.1, -0.05) is 17.7 Å². The van der Waals surface area contributed by atoms with E-state index < -0.39 is 11.7 Å². The molecule has 0 radical (unpaired) electrons. The van der Waals surface area contributed by atoms with Gasteiger partial charge in [0.15, 0.2) is 0 Å². The molecule has 0 bridgehead atoms. The summed E-state index contributed by atoms with van der Waals surface area (Å²) in [5, 5.41) is 3.73. The highest BCUT2D eigenvalue weighted by Gasteiger charge is 2.32. The monoisotopic (exact) mass is 274 g/mol. The molecule has 6 heteroatoms. The highest BCUT2D eigenvalue weighted by molar-refractivity contribution is 6.17. The number of nitrogens with zero attached hydrogens (tertiary/aromatic N) is 2. The number of alkyl halides is 4. The van der Waals surface area contributed by atoms with Crippen LogP contribution in [0, 0.1) is 6.92 Å². The zero-order valence-electron chi connectivity index (χ0n) is 9.50. The average Bonchev–Trinajstić information content (AvgIpc) is 2.77. The lowest BCUT2D eigenvalue weighted by Crippen LogP contribution is -2.03. The molecule has 0 saturated heterocycles. The zero-order chi connectivity index (χ0) is 13.3. The highest BCUT2D eigenvalue weighted by atomic mass is 35.5. The molecule has 96 valence electrons. The van der Waals surface area contributed by atoms with Gasteiger partial charge in [-0.25, -0.2) is 4.68 Å². The number of rotatable bonds is 2. The van der Waals surface area contributed by atoms with Gasteiger partial charge >= 0.3 is 6.18 Å². The summed E-state index contributed by atoms with van der Waals surface area (Å²) in [5.41, 5.74) is 1.53. The topological polar surface area (TPSA) is 17.8 Å². The lowest BCUT2D eigenvalue weighted by atomic mass is 10.1. The summed E-state index contributed by atoms with van der Waals surface area (Å²) >= 11 is 5.79. The van der Waals surface area contributed by atoms with Gasteiger partial charge < -0.3 is 0 Å². The van der Waals surface area contributed by atoms with Crippen LogP contribution in [0.3, 0.4) is 0 Å². The lowest BCUT2D eigenvalue weighted by Gasteiger charge is -2.08. The van der Waals surface area contributed by atoms with Gasteiger partial charge in [0, 0.05) is 12.1 Å². The van der Waals surface area contributed by atoms with Crippen LogP contribution in [0.2, 0.25) is 0 Å². The van der Waals surface area contributed by atoms with Gasteiger partial charge in [-0.2, -0.15) is 18.3 Å². The number of benzene rings is 1. The Hall–Kier alpha value is -1.49. The minimum Gasteiger partial charge on any atom is -0.240 e. The van der Waals surface area contributed by atoms with Crippen molar-refractivity contribution in [1.82, 2.24) is 9.78 Å². The van der Waals surface area contributed by atoms with Crippen molar-refractivity contribution >= 4 is 11.6 Å². The Kier molecular flexibility index (Phi) is 3.34. The third-order valence-corrected chi connectivity index (χ3v) is 2.82. The van der Waals surface area contributed by atoms with E-state index in [2.05, 4.69) is 5.10 Å². The van der Waals surface area contributed by atoms with Gasteiger partial charge in [-0.15, -0.1) is 11.6 Å². The molecule has 1 aromatic heterocycles. The van der Waals surface area contributed by atoms with Crippen molar-refractivity contribution in [3.63, 3.8) is 0 Å². The Morgan fingerprint density at radius 1 is 1.33 bits per heavy atom. The Bertz CT molecular complexity index is 561. The molecule has 0 fully saturated rings. The Morgan fingerprint density at radius 2 is 2.06 bits per heavy atom. The predicted molar refractivity (Wildman–Crippen MR) is 62.9 cm³/mol. The second-order valence-corrected chi connectivity index (χ2v) is 4.20. The fraction of sp³-hybridized carbons (Fsp3) is 0.250. The zero-order valence-corrected chi connectivity index (χ0v) is 10.3. The molecule has 0 aliphatic rings. The standard InChI is InChI=1S/C12H10ClF3N2/c1-8-2-3-11(9(4-8)5-13)18-7-10(6-17-18)12(14,15)16/h2-4,6-7H,5H2,1H3. The summed E-state index contributed by atoms with van der Waals surface area (Å²) in [6.07, 6.45) is -2.62. The first kappa shape index (κ1) is 13.0. The van der Waals surface area contributed by atoms with E-state index >= 15 is 0 Å². The molecule has 1 heterocycles. The summed E-state index contributed by atoms with van der Waals surface area (Å²) in [6.45, 7) is 1.89. The van der Waals surface area contributed by atoms with Gasteiger partial charge in [-0.3, -0.25) is 0 Å².